The van der Waals surface area contributed by atoms with Crippen molar-refractivity contribution >= 4 is 5.82 Å². The number of piperidine rings is 1. The van der Waals surface area contributed by atoms with E-state index < -0.39 is 0 Å². The van der Waals surface area contributed by atoms with Crippen LogP contribution in [0.2, 0.25) is 0 Å². The number of hydrogen-bond acceptors (Lipinski definition) is 3. The normalized spacial score (nSPS) is 18.9. The highest BCUT2D eigenvalue weighted by molar-refractivity contribution is 5.50. The maximum Gasteiger partial charge on any atom is 0.131 e. The molecule has 0 bridgehead atoms. The van der Waals surface area contributed by atoms with E-state index in [1.54, 1.807) is 0 Å². The molecule has 2 rings (SSSR count). The van der Waals surface area contributed by atoms with Gasteiger partial charge in [0.15, 0.2) is 0 Å². The molecule has 4 heteroatoms. The Balaban J connectivity index is 2.18. The molecule has 0 aromatic carbocycles. The second kappa shape index (κ2) is 5.76. The van der Waals surface area contributed by atoms with Crippen LogP contribution in [0.3, 0.4) is 0 Å². The monoisotopic (exact) mass is 278 g/mol. The van der Waals surface area contributed by atoms with Crippen LogP contribution < -0.4 is 10.2 Å². The van der Waals surface area contributed by atoms with Crippen LogP contribution in [0.25, 0.3) is 0 Å². The van der Waals surface area contributed by atoms with Crippen molar-refractivity contribution in [3.8, 4) is 0 Å². The molecule has 2 heterocycles. The van der Waals surface area contributed by atoms with E-state index in [1.807, 2.05) is 0 Å². The summed E-state index contributed by atoms with van der Waals surface area (Å²) in [5.74, 6) is 1.31. The Kier molecular flexibility index (Phi) is 4.43. The summed E-state index contributed by atoms with van der Waals surface area (Å²) < 4.78 is 2.06. The number of aryl methyl sites for hydroxylation is 2. The number of rotatable bonds is 4. The van der Waals surface area contributed by atoms with Gasteiger partial charge in [0, 0.05) is 38.3 Å². The quantitative estimate of drug-likeness (QED) is 0.919. The average Bonchev–Trinajstić information content (AvgIpc) is 2.61. The lowest BCUT2D eigenvalue weighted by molar-refractivity contribution is 0.278. The molecule has 1 aromatic rings. The first-order valence-corrected chi connectivity index (χ1v) is 7.81. The summed E-state index contributed by atoms with van der Waals surface area (Å²) in [4.78, 5) is 2.52. The van der Waals surface area contributed by atoms with Crippen molar-refractivity contribution in [1.82, 2.24) is 15.1 Å². The lowest BCUT2D eigenvalue weighted by atomic mass is 9.82. The highest BCUT2D eigenvalue weighted by Crippen LogP contribution is 2.33. The van der Waals surface area contributed by atoms with Crippen LogP contribution in [-0.2, 0) is 13.6 Å². The number of nitrogens with zero attached hydrogens (tertiary/aromatic N) is 3. The van der Waals surface area contributed by atoms with Crippen LogP contribution in [0.5, 0.6) is 0 Å². The standard InChI is InChI=1S/C16H30N4/c1-12(2)17-11-14-13(3)18-19(6)15(14)20-9-7-16(4,5)8-10-20/h12,17H,7-11H2,1-6H3. The SMILES string of the molecule is Cc1nn(C)c(N2CCC(C)(C)CC2)c1CNC(C)C. The van der Waals surface area contributed by atoms with Crippen molar-refractivity contribution < 1.29 is 0 Å². The summed E-state index contributed by atoms with van der Waals surface area (Å²) >= 11 is 0. The maximum absolute atomic E-state index is 4.64. The van der Waals surface area contributed by atoms with Crippen molar-refractivity contribution in [2.24, 2.45) is 12.5 Å². The van der Waals surface area contributed by atoms with Crippen molar-refractivity contribution in [3.63, 3.8) is 0 Å². The minimum atomic E-state index is 0.487. The minimum absolute atomic E-state index is 0.487. The zero-order valence-electron chi connectivity index (χ0n) is 14.0. The van der Waals surface area contributed by atoms with Crippen LogP contribution >= 0.6 is 0 Å². The van der Waals surface area contributed by atoms with Crippen LogP contribution in [0.15, 0.2) is 0 Å². The molecule has 1 saturated heterocycles. The molecule has 1 aliphatic rings. The van der Waals surface area contributed by atoms with Crippen LogP contribution in [-0.4, -0.2) is 28.9 Å². The summed E-state index contributed by atoms with van der Waals surface area (Å²) in [6.07, 6.45) is 2.52. The van der Waals surface area contributed by atoms with Gasteiger partial charge in [-0.1, -0.05) is 27.7 Å². The molecule has 1 N–H and O–H groups in total. The third-order valence-electron chi connectivity index (χ3n) is 4.42. The Labute approximate surface area is 123 Å². The van der Waals surface area contributed by atoms with E-state index in [9.17, 15) is 0 Å². The highest BCUT2D eigenvalue weighted by atomic mass is 15.4. The van der Waals surface area contributed by atoms with Crippen molar-refractivity contribution in [2.45, 2.75) is 60.0 Å². The minimum Gasteiger partial charge on any atom is -0.357 e. The molecule has 0 atom stereocenters. The number of aromatic nitrogens is 2. The van der Waals surface area contributed by atoms with E-state index in [-0.39, 0.29) is 0 Å². The summed E-state index contributed by atoms with van der Waals surface area (Å²) in [6.45, 7) is 14.4. The average molecular weight is 278 g/mol. The molecule has 0 spiro atoms. The molecule has 1 aliphatic heterocycles. The summed E-state index contributed by atoms with van der Waals surface area (Å²) in [5, 5.41) is 8.17. The molecule has 0 aliphatic carbocycles. The Hall–Kier alpha value is -1.03. The topological polar surface area (TPSA) is 33.1 Å². The molecule has 114 valence electrons. The molecule has 0 saturated carbocycles. The van der Waals surface area contributed by atoms with Gasteiger partial charge in [-0.25, -0.2) is 0 Å². The zero-order chi connectivity index (χ0) is 14.9. The van der Waals surface area contributed by atoms with Gasteiger partial charge in [-0.15, -0.1) is 0 Å². The van der Waals surface area contributed by atoms with E-state index in [0.717, 1.165) is 25.3 Å². The largest absolute Gasteiger partial charge is 0.357 e. The zero-order valence-corrected chi connectivity index (χ0v) is 14.0. The van der Waals surface area contributed by atoms with E-state index in [0.29, 0.717) is 11.5 Å². The Bertz CT molecular complexity index is 449. The van der Waals surface area contributed by atoms with Gasteiger partial charge in [-0.05, 0) is 25.2 Å². The fourth-order valence-electron chi connectivity index (χ4n) is 2.92. The smallest absolute Gasteiger partial charge is 0.131 e. The molecule has 0 amide bonds. The van der Waals surface area contributed by atoms with Crippen LogP contribution in [0.4, 0.5) is 5.82 Å². The van der Waals surface area contributed by atoms with Crippen molar-refractivity contribution in [2.75, 3.05) is 18.0 Å². The van der Waals surface area contributed by atoms with Gasteiger partial charge in [0.1, 0.15) is 5.82 Å². The Morgan fingerprint density at radius 2 is 1.85 bits per heavy atom. The lowest BCUT2D eigenvalue weighted by Gasteiger charge is -2.38. The van der Waals surface area contributed by atoms with E-state index in [2.05, 4.69) is 61.7 Å². The molecule has 0 unspecified atom stereocenters. The molecule has 1 fully saturated rings. The Morgan fingerprint density at radius 1 is 1.25 bits per heavy atom. The Morgan fingerprint density at radius 3 is 2.40 bits per heavy atom. The molecule has 1 aromatic heterocycles. The number of anilines is 1. The van der Waals surface area contributed by atoms with Gasteiger partial charge in [0.05, 0.1) is 5.69 Å². The third kappa shape index (κ3) is 3.35. The van der Waals surface area contributed by atoms with E-state index >= 15 is 0 Å². The number of hydrogen-bond donors (Lipinski definition) is 1. The fraction of sp³-hybridized carbons (Fsp3) is 0.812. The predicted octanol–water partition coefficient (Wildman–Crippen LogP) is 2.85. The number of nitrogens with one attached hydrogen (secondary N) is 1. The molecule has 0 radical (unpaired) electrons. The van der Waals surface area contributed by atoms with Crippen LogP contribution in [0, 0.1) is 12.3 Å². The summed E-state index contributed by atoms with van der Waals surface area (Å²) in [5.41, 5.74) is 3.00. The fourth-order valence-corrected chi connectivity index (χ4v) is 2.92. The van der Waals surface area contributed by atoms with Crippen molar-refractivity contribution in [1.29, 1.82) is 0 Å². The van der Waals surface area contributed by atoms with Crippen molar-refractivity contribution in [3.05, 3.63) is 11.3 Å². The van der Waals surface area contributed by atoms with Crippen LogP contribution in [0.1, 0.15) is 51.8 Å². The van der Waals surface area contributed by atoms with E-state index in [4.69, 9.17) is 0 Å². The van der Waals surface area contributed by atoms with Gasteiger partial charge in [0.25, 0.3) is 0 Å². The molecular formula is C16H30N4. The van der Waals surface area contributed by atoms with Gasteiger partial charge in [0.2, 0.25) is 0 Å². The summed E-state index contributed by atoms with van der Waals surface area (Å²) in [7, 11) is 2.07. The van der Waals surface area contributed by atoms with E-state index in [1.165, 1.54) is 24.2 Å². The van der Waals surface area contributed by atoms with Gasteiger partial charge in [-0.3, -0.25) is 4.68 Å². The molecule has 4 nitrogen and oxygen atoms in total. The molecular weight excluding hydrogens is 248 g/mol. The first-order chi connectivity index (χ1) is 9.30. The maximum atomic E-state index is 4.64. The first-order valence-electron chi connectivity index (χ1n) is 7.81. The highest BCUT2D eigenvalue weighted by Gasteiger charge is 2.28. The lowest BCUT2D eigenvalue weighted by Crippen LogP contribution is -2.39. The second-order valence-corrected chi connectivity index (χ2v) is 7.20. The van der Waals surface area contributed by atoms with Gasteiger partial charge < -0.3 is 10.2 Å². The molecule has 20 heavy (non-hydrogen) atoms. The third-order valence-corrected chi connectivity index (χ3v) is 4.42. The predicted molar refractivity (Wildman–Crippen MR) is 85.1 cm³/mol. The summed E-state index contributed by atoms with van der Waals surface area (Å²) in [6, 6.07) is 0.503. The van der Waals surface area contributed by atoms with Gasteiger partial charge in [-0.2, -0.15) is 5.10 Å². The first kappa shape index (κ1) is 15.4. The van der Waals surface area contributed by atoms with Gasteiger partial charge >= 0.3 is 0 Å². The second-order valence-electron chi connectivity index (χ2n) is 7.20.